The Labute approximate surface area is 218 Å². The minimum atomic E-state index is -1.46. The fourth-order valence-corrected chi connectivity index (χ4v) is 5.99. The van der Waals surface area contributed by atoms with Gasteiger partial charge in [-0.1, -0.05) is 53.9 Å². The van der Waals surface area contributed by atoms with Crippen molar-refractivity contribution < 1.29 is 33.8 Å². The molecule has 0 radical (unpaired) electrons. The first kappa shape index (κ1) is 25.9. The number of β-lactam (4-membered cyclic amide) rings is 1. The van der Waals surface area contributed by atoms with E-state index in [1.54, 1.807) is 37.3 Å². The first-order valence-electron chi connectivity index (χ1n) is 10.6. The number of fused-ring (bicyclic) bond motifs is 1. The molecule has 0 saturated carbocycles. The minimum Gasteiger partial charge on any atom is -0.428 e. The van der Waals surface area contributed by atoms with E-state index in [4.69, 9.17) is 17.0 Å². The average Bonchev–Trinajstić information content (AvgIpc) is 3.31. The third kappa shape index (κ3) is 5.16. The molecular formula is C22H20N4O7S3. The molecule has 2 aliphatic heterocycles. The van der Waals surface area contributed by atoms with E-state index in [1.807, 2.05) is 0 Å². The van der Waals surface area contributed by atoms with Crippen molar-refractivity contribution in [1.82, 2.24) is 20.4 Å². The van der Waals surface area contributed by atoms with Crippen LogP contribution < -0.4 is 5.32 Å². The van der Waals surface area contributed by atoms with Crippen LogP contribution in [0.1, 0.15) is 28.6 Å². The van der Waals surface area contributed by atoms with Gasteiger partial charge in [-0.05, 0) is 12.5 Å². The van der Waals surface area contributed by atoms with Gasteiger partial charge in [0.15, 0.2) is 11.1 Å². The monoisotopic (exact) mass is 548 g/mol. The summed E-state index contributed by atoms with van der Waals surface area (Å²) in [7, 11) is 0. The fourth-order valence-electron chi connectivity index (χ4n) is 3.55. The van der Waals surface area contributed by atoms with Crippen LogP contribution in [0.3, 0.4) is 0 Å². The molecule has 0 spiro atoms. The number of hydrogen-bond acceptors (Lipinski definition) is 12. The Morgan fingerprint density at radius 1 is 1.25 bits per heavy atom. The number of thiocarbonyl (C=S) groups is 1. The Balaban J connectivity index is 1.57. The number of rotatable bonds is 8. The second kappa shape index (κ2) is 10.8. The van der Waals surface area contributed by atoms with E-state index in [9.17, 15) is 24.3 Å². The van der Waals surface area contributed by atoms with Crippen molar-refractivity contribution in [2.75, 3.05) is 12.5 Å². The van der Waals surface area contributed by atoms with Crippen molar-refractivity contribution in [3.8, 4) is 0 Å². The predicted molar refractivity (Wildman–Crippen MR) is 133 cm³/mol. The van der Waals surface area contributed by atoms with E-state index in [1.165, 1.54) is 28.0 Å². The van der Waals surface area contributed by atoms with Crippen LogP contribution in [0.2, 0.25) is 0 Å². The number of thioether (sulfide) groups is 1. The van der Waals surface area contributed by atoms with Crippen LogP contribution >= 0.6 is 35.3 Å². The van der Waals surface area contributed by atoms with Gasteiger partial charge in [-0.2, -0.15) is 0 Å². The predicted octanol–water partition coefficient (Wildman–Crippen LogP) is 1.02. The number of benzene rings is 1. The van der Waals surface area contributed by atoms with Crippen LogP contribution in [0.4, 0.5) is 0 Å². The zero-order valence-corrected chi connectivity index (χ0v) is 21.4. The topological polar surface area (TPSA) is 148 Å². The molecule has 1 fully saturated rings. The Morgan fingerprint density at radius 3 is 2.61 bits per heavy atom. The normalized spacial score (nSPS) is 19.6. The smallest absolute Gasteiger partial charge is 0.358 e. The number of nitrogens with one attached hydrogen (secondary N) is 1. The van der Waals surface area contributed by atoms with Crippen molar-refractivity contribution in [1.29, 1.82) is 0 Å². The van der Waals surface area contributed by atoms with Crippen molar-refractivity contribution in [3.63, 3.8) is 0 Å². The molecule has 0 aliphatic carbocycles. The second-order valence-electron chi connectivity index (χ2n) is 7.68. The standard InChI is InChI=1S/C22H20N4O7S3/c1-10-24-25-19(36-10)17(34)13-8-35-21-14(23-18(29)16(28)12-6-4-3-5-7-12)20(30)26(21)15(13)22(31)33-9-32-11(2)27/h3-7,14,16,21,28H,8-9H2,1-2H3,(H,23,29)/t14?,16?,21-/m0/s1. The Morgan fingerprint density at radius 2 is 1.97 bits per heavy atom. The third-order valence-electron chi connectivity index (χ3n) is 5.27. The van der Waals surface area contributed by atoms with E-state index in [0.29, 0.717) is 21.2 Å². The number of amides is 2. The maximum absolute atomic E-state index is 13.1. The molecule has 1 aromatic heterocycles. The molecule has 36 heavy (non-hydrogen) atoms. The summed E-state index contributed by atoms with van der Waals surface area (Å²) in [6.45, 7) is 2.28. The van der Waals surface area contributed by atoms with Crippen LogP contribution in [0.5, 0.6) is 0 Å². The van der Waals surface area contributed by atoms with Gasteiger partial charge in [0.25, 0.3) is 11.8 Å². The van der Waals surface area contributed by atoms with Crippen molar-refractivity contribution in [2.45, 2.75) is 31.4 Å². The molecule has 3 atom stereocenters. The summed E-state index contributed by atoms with van der Waals surface area (Å²) in [4.78, 5) is 51.2. The quantitative estimate of drug-likeness (QED) is 0.160. The highest BCUT2D eigenvalue weighted by Crippen LogP contribution is 2.42. The Hall–Kier alpha value is -3.20. The number of ether oxygens (including phenoxy) is 2. The molecule has 0 bridgehead atoms. The fraction of sp³-hybridized carbons (Fsp3) is 0.318. The van der Waals surface area contributed by atoms with Crippen molar-refractivity contribution in [2.24, 2.45) is 0 Å². The molecule has 188 valence electrons. The van der Waals surface area contributed by atoms with E-state index in [2.05, 4.69) is 20.3 Å². The lowest BCUT2D eigenvalue weighted by Crippen LogP contribution is -2.71. The number of aliphatic hydroxyl groups excluding tert-OH is 1. The lowest BCUT2D eigenvalue weighted by atomic mass is 10.0. The minimum absolute atomic E-state index is 0.108. The zero-order valence-electron chi connectivity index (χ0n) is 19.0. The van der Waals surface area contributed by atoms with Gasteiger partial charge < -0.3 is 19.9 Å². The highest BCUT2D eigenvalue weighted by Gasteiger charge is 2.55. The lowest BCUT2D eigenvalue weighted by Gasteiger charge is -2.49. The lowest BCUT2D eigenvalue weighted by molar-refractivity contribution is -0.166. The third-order valence-corrected chi connectivity index (χ3v) is 7.97. The molecule has 2 unspecified atom stereocenters. The molecule has 1 aromatic carbocycles. The molecule has 2 amide bonds. The SMILES string of the molecule is CC(=O)OCOC(=O)C1=C(C(=S)c2nnc(C)s2)CS[C@H]2C(NC(=O)C(O)c3ccccc3)C(=O)N12. The molecule has 2 N–H and O–H groups in total. The van der Waals surface area contributed by atoms with Crippen LogP contribution in [-0.4, -0.2) is 72.8 Å². The maximum atomic E-state index is 13.1. The van der Waals surface area contributed by atoms with E-state index in [-0.39, 0.29) is 16.3 Å². The summed E-state index contributed by atoms with van der Waals surface area (Å²) < 4.78 is 9.75. The van der Waals surface area contributed by atoms with Gasteiger partial charge in [-0.3, -0.25) is 19.3 Å². The number of hydrogen-bond donors (Lipinski definition) is 2. The van der Waals surface area contributed by atoms with Crippen LogP contribution in [0.25, 0.3) is 0 Å². The second-order valence-corrected chi connectivity index (χ2v) is 10.4. The highest BCUT2D eigenvalue weighted by molar-refractivity contribution is 8.00. The first-order chi connectivity index (χ1) is 17.2. The summed E-state index contributed by atoms with van der Waals surface area (Å²) in [5.41, 5.74) is 0.616. The summed E-state index contributed by atoms with van der Waals surface area (Å²) in [6, 6.07) is 7.33. The molecule has 1 saturated heterocycles. The number of aromatic nitrogens is 2. The van der Waals surface area contributed by atoms with Crippen molar-refractivity contribution >= 4 is 63.9 Å². The van der Waals surface area contributed by atoms with E-state index >= 15 is 0 Å². The van der Waals surface area contributed by atoms with Crippen LogP contribution in [0, 0.1) is 6.92 Å². The van der Waals surface area contributed by atoms with Crippen LogP contribution in [0.15, 0.2) is 41.6 Å². The molecule has 11 nitrogen and oxygen atoms in total. The molecule has 14 heteroatoms. The van der Waals surface area contributed by atoms with E-state index in [0.717, 1.165) is 6.92 Å². The van der Waals surface area contributed by atoms with Gasteiger partial charge in [0.05, 0.1) is 4.86 Å². The van der Waals surface area contributed by atoms with Crippen molar-refractivity contribution in [3.05, 3.63) is 57.2 Å². The summed E-state index contributed by atoms with van der Waals surface area (Å²) in [6.07, 6.45) is -1.46. The van der Waals surface area contributed by atoms with Gasteiger partial charge in [0.1, 0.15) is 22.1 Å². The number of aryl methyl sites for hydroxylation is 1. The van der Waals surface area contributed by atoms with Crippen LogP contribution in [-0.2, 0) is 28.7 Å². The highest BCUT2D eigenvalue weighted by atomic mass is 32.2. The summed E-state index contributed by atoms with van der Waals surface area (Å²) in [5, 5.41) is 21.4. The maximum Gasteiger partial charge on any atom is 0.358 e. The average molecular weight is 549 g/mol. The largest absolute Gasteiger partial charge is 0.428 e. The number of esters is 2. The van der Waals surface area contributed by atoms with E-state index < -0.39 is 48.1 Å². The van der Waals surface area contributed by atoms with Gasteiger partial charge in [-0.25, -0.2) is 4.79 Å². The number of nitrogens with zero attached hydrogens (tertiary/aromatic N) is 3. The zero-order chi connectivity index (χ0) is 26.0. The van der Waals surface area contributed by atoms with Gasteiger partial charge in [0.2, 0.25) is 6.79 Å². The van der Waals surface area contributed by atoms with Gasteiger partial charge in [0, 0.05) is 18.2 Å². The number of aliphatic hydroxyl groups is 1. The molecule has 2 aromatic rings. The molecule has 2 aliphatic rings. The molecular weight excluding hydrogens is 528 g/mol. The Kier molecular flexibility index (Phi) is 7.78. The Bertz CT molecular complexity index is 1260. The summed E-state index contributed by atoms with van der Waals surface area (Å²) >= 11 is 8.08. The number of carbonyl (C=O) groups is 4. The number of carbonyl (C=O) groups excluding carboxylic acids is 4. The van der Waals surface area contributed by atoms with Gasteiger partial charge >= 0.3 is 11.9 Å². The first-order valence-corrected chi connectivity index (χ1v) is 12.8. The van der Waals surface area contributed by atoms with Gasteiger partial charge in [-0.15, -0.1) is 22.0 Å². The molecule has 3 heterocycles. The summed E-state index contributed by atoms with van der Waals surface area (Å²) in [5.74, 6) is -2.66. The molecule has 4 rings (SSSR count).